The minimum absolute atomic E-state index is 0.217. The molecule has 4 heteroatoms. The Bertz CT molecular complexity index is 584. The number of halogens is 1. The summed E-state index contributed by atoms with van der Waals surface area (Å²) in [7, 11) is 1.87. The summed E-state index contributed by atoms with van der Waals surface area (Å²) in [4.78, 5) is 6.30. The van der Waals surface area contributed by atoms with Gasteiger partial charge in [-0.1, -0.05) is 12.1 Å². The number of nitrogens with two attached hydrogens (primary N) is 1. The van der Waals surface area contributed by atoms with Crippen LogP contribution < -0.4 is 10.6 Å². The molecule has 0 amide bonds. The number of hydrogen-bond donors (Lipinski definition) is 1. The zero-order chi connectivity index (χ0) is 14.5. The Kier molecular flexibility index (Phi) is 4.69. The van der Waals surface area contributed by atoms with Crippen LogP contribution in [-0.2, 0) is 13.0 Å². The van der Waals surface area contributed by atoms with E-state index in [-0.39, 0.29) is 5.82 Å². The Balaban J connectivity index is 2.14. The van der Waals surface area contributed by atoms with Crippen LogP contribution in [0.5, 0.6) is 0 Å². The average molecular weight is 273 g/mol. The molecule has 106 valence electrons. The largest absolute Gasteiger partial charge is 0.366 e. The Labute approximate surface area is 119 Å². The molecule has 0 saturated carbocycles. The van der Waals surface area contributed by atoms with Crippen molar-refractivity contribution in [2.75, 3.05) is 18.5 Å². The predicted octanol–water partition coefficient (Wildman–Crippen LogP) is 2.67. The van der Waals surface area contributed by atoms with Crippen LogP contribution in [0.4, 0.5) is 10.1 Å². The van der Waals surface area contributed by atoms with Crippen molar-refractivity contribution in [3.05, 3.63) is 59.2 Å². The van der Waals surface area contributed by atoms with Crippen molar-refractivity contribution in [2.45, 2.75) is 19.9 Å². The van der Waals surface area contributed by atoms with Crippen molar-refractivity contribution in [3.63, 3.8) is 0 Å². The first-order chi connectivity index (χ1) is 9.60. The quantitative estimate of drug-likeness (QED) is 0.910. The van der Waals surface area contributed by atoms with E-state index in [4.69, 9.17) is 5.73 Å². The van der Waals surface area contributed by atoms with Crippen LogP contribution in [0.1, 0.15) is 17.0 Å². The molecule has 0 bridgehead atoms. The third-order valence-electron chi connectivity index (χ3n) is 3.20. The van der Waals surface area contributed by atoms with Gasteiger partial charge in [-0.25, -0.2) is 4.39 Å². The fourth-order valence-electron chi connectivity index (χ4n) is 2.20. The van der Waals surface area contributed by atoms with Crippen LogP contribution in [0.2, 0.25) is 0 Å². The fourth-order valence-corrected chi connectivity index (χ4v) is 2.20. The van der Waals surface area contributed by atoms with Crippen LogP contribution in [0, 0.1) is 12.7 Å². The Hall–Kier alpha value is -1.94. The first kappa shape index (κ1) is 14.5. The monoisotopic (exact) mass is 273 g/mol. The molecule has 0 unspecified atom stereocenters. The molecule has 0 fully saturated rings. The van der Waals surface area contributed by atoms with E-state index < -0.39 is 0 Å². The number of benzene rings is 1. The standard InChI is InChI=1S/C16H20FN3/c1-12-4-3-5-14(19-12)11-20(2)16-7-6-13(8-9-18)10-15(16)17/h3-7,10H,8-9,11,18H2,1-2H3. The lowest BCUT2D eigenvalue weighted by Gasteiger charge is -2.20. The number of pyridine rings is 1. The summed E-state index contributed by atoms with van der Waals surface area (Å²) in [5, 5.41) is 0. The van der Waals surface area contributed by atoms with Crippen molar-refractivity contribution in [3.8, 4) is 0 Å². The van der Waals surface area contributed by atoms with Gasteiger partial charge in [0.05, 0.1) is 17.9 Å². The lowest BCUT2D eigenvalue weighted by molar-refractivity contribution is 0.619. The molecule has 1 aromatic heterocycles. The number of anilines is 1. The van der Waals surface area contributed by atoms with Gasteiger partial charge in [-0.05, 0) is 49.7 Å². The molecule has 1 aromatic carbocycles. The molecule has 20 heavy (non-hydrogen) atoms. The smallest absolute Gasteiger partial charge is 0.146 e. The second-order valence-electron chi connectivity index (χ2n) is 4.95. The highest BCUT2D eigenvalue weighted by Crippen LogP contribution is 2.21. The first-order valence-electron chi connectivity index (χ1n) is 6.72. The molecule has 2 rings (SSSR count). The molecule has 0 spiro atoms. The van der Waals surface area contributed by atoms with Gasteiger partial charge in [-0.3, -0.25) is 4.98 Å². The maximum absolute atomic E-state index is 14.1. The molecule has 0 aliphatic carbocycles. The van der Waals surface area contributed by atoms with Crippen molar-refractivity contribution in [2.24, 2.45) is 5.73 Å². The number of nitrogens with zero attached hydrogens (tertiary/aromatic N) is 2. The lowest BCUT2D eigenvalue weighted by atomic mass is 10.1. The van der Waals surface area contributed by atoms with E-state index in [1.165, 1.54) is 0 Å². The molecule has 3 nitrogen and oxygen atoms in total. The third-order valence-corrected chi connectivity index (χ3v) is 3.20. The minimum Gasteiger partial charge on any atom is -0.366 e. The molecule has 0 radical (unpaired) electrons. The molecule has 0 aliphatic heterocycles. The molecular weight excluding hydrogens is 253 g/mol. The van der Waals surface area contributed by atoms with Crippen molar-refractivity contribution in [1.82, 2.24) is 4.98 Å². The zero-order valence-corrected chi connectivity index (χ0v) is 11.9. The summed E-state index contributed by atoms with van der Waals surface area (Å²) < 4.78 is 14.1. The van der Waals surface area contributed by atoms with Crippen LogP contribution in [-0.4, -0.2) is 18.6 Å². The van der Waals surface area contributed by atoms with Gasteiger partial charge in [-0.15, -0.1) is 0 Å². The maximum Gasteiger partial charge on any atom is 0.146 e. The number of aryl methyl sites for hydroxylation is 1. The molecule has 1 heterocycles. The predicted molar refractivity (Wildman–Crippen MR) is 80.2 cm³/mol. The van der Waals surface area contributed by atoms with Gasteiger partial charge in [0.25, 0.3) is 0 Å². The Morgan fingerprint density at radius 3 is 2.70 bits per heavy atom. The van der Waals surface area contributed by atoms with Crippen LogP contribution in [0.25, 0.3) is 0 Å². The van der Waals surface area contributed by atoms with Crippen molar-refractivity contribution < 1.29 is 4.39 Å². The number of aromatic nitrogens is 1. The summed E-state index contributed by atoms with van der Waals surface area (Å²) in [6.45, 7) is 3.06. The van der Waals surface area contributed by atoms with Crippen LogP contribution in [0.3, 0.4) is 0 Å². The van der Waals surface area contributed by atoms with Crippen LogP contribution in [0.15, 0.2) is 36.4 Å². The summed E-state index contributed by atoms with van der Waals surface area (Å²) >= 11 is 0. The fraction of sp³-hybridized carbons (Fsp3) is 0.312. The summed E-state index contributed by atoms with van der Waals surface area (Å²) in [5.74, 6) is -0.217. The average Bonchev–Trinajstić information content (AvgIpc) is 2.39. The van der Waals surface area contributed by atoms with E-state index in [9.17, 15) is 4.39 Å². The molecular formula is C16H20FN3. The van der Waals surface area contributed by atoms with E-state index in [1.54, 1.807) is 12.1 Å². The van der Waals surface area contributed by atoms with Gasteiger partial charge in [0.15, 0.2) is 0 Å². The van der Waals surface area contributed by atoms with Gasteiger partial charge in [0, 0.05) is 12.7 Å². The van der Waals surface area contributed by atoms with Gasteiger partial charge in [0.1, 0.15) is 5.82 Å². The van der Waals surface area contributed by atoms with E-state index >= 15 is 0 Å². The first-order valence-corrected chi connectivity index (χ1v) is 6.72. The second kappa shape index (κ2) is 6.48. The van der Waals surface area contributed by atoms with E-state index in [0.29, 0.717) is 25.2 Å². The Morgan fingerprint density at radius 2 is 2.05 bits per heavy atom. The van der Waals surface area contributed by atoms with Gasteiger partial charge in [-0.2, -0.15) is 0 Å². The summed E-state index contributed by atoms with van der Waals surface area (Å²) in [6, 6.07) is 11.1. The zero-order valence-electron chi connectivity index (χ0n) is 11.9. The molecule has 2 N–H and O–H groups in total. The Morgan fingerprint density at radius 1 is 1.25 bits per heavy atom. The minimum atomic E-state index is -0.217. The summed E-state index contributed by atoms with van der Waals surface area (Å²) in [6.07, 6.45) is 0.695. The lowest BCUT2D eigenvalue weighted by Crippen LogP contribution is -2.19. The van der Waals surface area contributed by atoms with Gasteiger partial charge < -0.3 is 10.6 Å². The van der Waals surface area contributed by atoms with E-state index in [1.807, 2.05) is 43.1 Å². The molecule has 0 aliphatic rings. The van der Waals surface area contributed by atoms with Crippen molar-refractivity contribution in [1.29, 1.82) is 0 Å². The molecule has 2 aromatic rings. The van der Waals surface area contributed by atoms with Crippen LogP contribution >= 0.6 is 0 Å². The van der Waals surface area contributed by atoms with Gasteiger partial charge in [0.2, 0.25) is 0 Å². The number of hydrogen-bond acceptors (Lipinski definition) is 3. The maximum atomic E-state index is 14.1. The molecule has 0 saturated heterocycles. The third kappa shape index (κ3) is 3.54. The highest BCUT2D eigenvalue weighted by atomic mass is 19.1. The SMILES string of the molecule is Cc1cccc(CN(C)c2ccc(CCN)cc2F)n1. The van der Waals surface area contributed by atoms with Crippen molar-refractivity contribution >= 4 is 5.69 Å². The topological polar surface area (TPSA) is 42.1 Å². The highest BCUT2D eigenvalue weighted by molar-refractivity contribution is 5.48. The highest BCUT2D eigenvalue weighted by Gasteiger charge is 2.09. The van der Waals surface area contributed by atoms with E-state index in [2.05, 4.69) is 4.98 Å². The second-order valence-corrected chi connectivity index (χ2v) is 4.95. The van der Waals surface area contributed by atoms with E-state index in [0.717, 1.165) is 17.0 Å². The summed E-state index contributed by atoms with van der Waals surface area (Å²) in [5.41, 5.74) is 8.88. The normalized spacial score (nSPS) is 10.6. The van der Waals surface area contributed by atoms with Gasteiger partial charge >= 0.3 is 0 Å². The number of rotatable bonds is 5. The molecule has 0 atom stereocenters.